The van der Waals surface area contributed by atoms with Crippen molar-refractivity contribution < 1.29 is 19.8 Å². The molecule has 114 valence electrons. The van der Waals surface area contributed by atoms with Gasteiger partial charge in [0.1, 0.15) is 0 Å². The number of hydrogen-bond donors (Lipinski definition) is 2. The zero-order chi connectivity index (χ0) is 15.7. The van der Waals surface area contributed by atoms with Gasteiger partial charge in [0.2, 0.25) is 11.8 Å². The highest BCUT2D eigenvalue weighted by molar-refractivity contribution is 6.09. The molecule has 1 atom stereocenters. The number of rotatable bonds is 5. The zero-order valence-corrected chi connectivity index (χ0v) is 12.4. The van der Waals surface area contributed by atoms with Gasteiger partial charge in [-0.3, -0.25) is 14.5 Å². The second-order valence-electron chi connectivity index (χ2n) is 5.80. The molecule has 1 aromatic rings. The van der Waals surface area contributed by atoms with E-state index in [0.29, 0.717) is 6.42 Å². The number of carbonyl (C=O) groups excluding carboxylic acids is 2. The van der Waals surface area contributed by atoms with Crippen LogP contribution in [0.2, 0.25) is 0 Å². The second kappa shape index (κ2) is 5.58. The first-order valence-corrected chi connectivity index (χ1v) is 7.10. The first-order valence-electron chi connectivity index (χ1n) is 7.10. The van der Waals surface area contributed by atoms with Crippen molar-refractivity contribution in [2.24, 2.45) is 0 Å². The molecule has 5 nitrogen and oxygen atoms in total. The molecule has 0 radical (unpaired) electrons. The van der Waals surface area contributed by atoms with Crippen molar-refractivity contribution in [2.75, 3.05) is 13.2 Å². The van der Waals surface area contributed by atoms with Crippen LogP contribution in [0.15, 0.2) is 30.3 Å². The third kappa shape index (κ3) is 2.26. The van der Waals surface area contributed by atoms with Crippen molar-refractivity contribution in [1.29, 1.82) is 0 Å². The minimum Gasteiger partial charge on any atom is -0.394 e. The third-order valence-electron chi connectivity index (χ3n) is 4.56. The van der Waals surface area contributed by atoms with Crippen molar-refractivity contribution in [3.63, 3.8) is 0 Å². The minimum absolute atomic E-state index is 0.0532. The third-order valence-corrected chi connectivity index (χ3v) is 4.56. The minimum atomic E-state index is -1.22. The molecule has 2 rings (SSSR count). The summed E-state index contributed by atoms with van der Waals surface area (Å²) < 4.78 is 0. The molecule has 0 aromatic heterocycles. The molecule has 1 aliphatic heterocycles. The van der Waals surface area contributed by atoms with Gasteiger partial charge in [0.15, 0.2) is 0 Å². The molecule has 1 aromatic carbocycles. The van der Waals surface area contributed by atoms with Crippen LogP contribution < -0.4 is 0 Å². The number of amides is 2. The van der Waals surface area contributed by atoms with Crippen LogP contribution in [0.1, 0.15) is 32.3 Å². The van der Waals surface area contributed by atoms with E-state index in [1.54, 1.807) is 13.8 Å². The quantitative estimate of drug-likeness (QED) is 0.788. The Balaban J connectivity index is 2.46. The van der Waals surface area contributed by atoms with E-state index in [2.05, 4.69) is 0 Å². The summed E-state index contributed by atoms with van der Waals surface area (Å²) in [6.45, 7) is 2.59. The Kier molecular flexibility index (Phi) is 4.16. The summed E-state index contributed by atoms with van der Waals surface area (Å²) in [4.78, 5) is 26.3. The van der Waals surface area contributed by atoms with E-state index in [1.807, 2.05) is 30.3 Å². The van der Waals surface area contributed by atoms with Gasteiger partial charge in [-0.1, -0.05) is 37.3 Å². The molecule has 1 saturated heterocycles. The van der Waals surface area contributed by atoms with Gasteiger partial charge >= 0.3 is 0 Å². The molecule has 0 aliphatic carbocycles. The summed E-state index contributed by atoms with van der Waals surface area (Å²) in [6, 6.07) is 9.14. The molecule has 2 N–H and O–H groups in total. The lowest BCUT2D eigenvalue weighted by Gasteiger charge is -2.37. The SMILES string of the molecule is CCC(CO)(CO)N1C(=O)CC(C)(c2ccccc2)C1=O. The van der Waals surface area contributed by atoms with Crippen LogP contribution in [0.5, 0.6) is 0 Å². The van der Waals surface area contributed by atoms with Gasteiger partial charge in [-0.25, -0.2) is 0 Å². The fourth-order valence-electron chi connectivity index (χ4n) is 2.90. The van der Waals surface area contributed by atoms with E-state index >= 15 is 0 Å². The molecule has 1 aliphatic rings. The predicted molar refractivity (Wildman–Crippen MR) is 77.5 cm³/mol. The number of aliphatic hydroxyl groups excluding tert-OH is 2. The van der Waals surface area contributed by atoms with E-state index in [0.717, 1.165) is 10.5 Å². The summed E-state index contributed by atoms with van der Waals surface area (Å²) in [7, 11) is 0. The van der Waals surface area contributed by atoms with Crippen LogP contribution in [-0.4, -0.2) is 45.7 Å². The monoisotopic (exact) mass is 291 g/mol. The first kappa shape index (κ1) is 15.7. The van der Waals surface area contributed by atoms with Gasteiger partial charge in [-0.2, -0.15) is 0 Å². The summed E-state index contributed by atoms with van der Waals surface area (Å²) in [5.41, 5.74) is -1.39. The van der Waals surface area contributed by atoms with Crippen molar-refractivity contribution >= 4 is 11.8 Å². The molecule has 1 unspecified atom stereocenters. The van der Waals surface area contributed by atoms with E-state index < -0.39 is 24.2 Å². The van der Waals surface area contributed by atoms with E-state index in [4.69, 9.17) is 0 Å². The number of aliphatic hydroxyl groups is 2. The molecular formula is C16H21NO4. The Hall–Kier alpha value is -1.72. The van der Waals surface area contributed by atoms with Crippen LogP contribution >= 0.6 is 0 Å². The van der Waals surface area contributed by atoms with Crippen LogP contribution in [-0.2, 0) is 15.0 Å². The smallest absolute Gasteiger partial charge is 0.240 e. The van der Waals surface area contributed by atoms with Crippen molar-refractivity contribution in [3.8, 4) is 0 Å². The normalized spacial score (nSPS) is 23.0. The number of hydrogen-bond acceptors (Lipinski definition) is 4. The molecular weight excluding hydrogens is 270 g/mol. The van der Waals surface area contributed by atoms with Gasteiger partial charge in [0, 0.05) is 6.42 Å². The van der Waals surface area contributed by atoms with Gasteiger partial charge < -0.3 is 10.2 Å². The molecule has 5 heteroatoms. The molecule has 0 saturated carbocycles. The van der Waals surface area contributed by atoms with Crippen LogP contribution in [0.4, 0.5) is 0 Å². The van der Waals surface area contributed by atoms with Crippen LogP contribution in [0, 0.1) is 0 Å². The Labute approximate surface area is 124 Å². The summed E-state index contributed by atoms with van der Waals surface area (Å²) >= 11 is 0. The molecule has 2 amide bonds. The van der Waals surface area contributed by atoms with E-state index in [9.17, 15) is 19.8 Å². The van der Waals surface area contributed by atoms with Gasteiger partial charge in [0.05, 0.1) is 24.2 Å². The highest BCUT2D eigenvalue weighted by Crippen LogP contribution is 2.40. The lowest BCUT2D eigenvalue weighted by atomic mass is 9.81. The standard InChI is InChI=1S/C16H21NO4/c1-3-16(10-18,11-19)17-13(20)9-15(2,14(17)21)12-7-5-4-6-8-12/h4-8,18-19H,3,9-11H2,1-2H3. The maximum atomic E-state index is 12.8. The van der Waals surface area contributed by atoms with E-state index in [-0.39, 0.29) is 18.2 Å². The fourth-order valence-corrected chi connectivity index (χ4v) is 2.90. The number of likely N-dealkylation sites (tertiary alicyclic amines) is 1. The topological polar surface area (TPSA) is 77.8 Å². The first-order chi connectivity index (χ1) is 9.95. The zero-order valence-electron chi connectivity index (χ0n) is 12.4. The molecule has 1 fully saturated rings. The Morgan fingerprint density at radius 3 is 2.24 bits per heavy atom. The summed E-state index contributed by atoms with van der Waals surface area (Å²) in [5.74, 6) is -0.708. The highest BCUT2D eigenvalue weighted by Gasteiger charge is 2.55. The maximum absolute atomic E-state index is 12.8. The second-order valence-corrected chi connectivity index (χ2v) is 5.80. The maximum Gasteiger partial charge on any atom is 0.240 e. The number of benzene rings is 1. The summed E-state index contributed by atoms with van der Waals surface area (Å²) in [6.07, 6.45) is 0.361. The lowest BCUT2D eigenvalue weighted by Crippen LogP contribution is -2.57. The average molecular weight is 291 g/mol. The Morgan fingerprint density at radius 1 is 1.19 bits per heavy atom. The number of nitrogens with zero attached hydrogens (tertiary/aromatic N) is 1. The largest absolute Gasteiger partial charge is 0.394 e. The van der Waals surface area contributed by atoms with Crippen LogP contribution in [0.3, 0.4) is 0 Å². The van der Waals surface area contributed by atoms with Gasteiger partial charge in [-0.15, -0.1) is 0 Å². The van der Waals surface area contributed by atoms with Crippen molar-refractivity contribution in [2.45, 2.75) is 37.6 Å². The molecule has 21 heavy (non-hydrogen) atoms. The van der Waals surface area contributed by atoms with Crippen molar-refractivity contribution in [1.82, 2.24) is 4.90 Å². The molecule has 0 spiro atoms. The predicted octanol–water partition coefficient (Wildman–Crippen LogP) is 0.837. The van der Waals surface area contributed by atoms with Gasteiger partial charge in [0.25, 0.3) is 0 Å². The average Bonchev–Trinajstić information content (AvgIpc) is 2.75. The number of carbonyl (C=O) groups is 2. The van der Waals surface area contributed by atoms with Crippen molar-refractivity contribution in [3.05, 3.63) is 35.9 Å². The molecule has 1 heterocycles. The molecule has 0 bridgehead atoms. The fraction of sp³-hybridized carbons (Fsp3) is 0.500. The van der Waals surface area contributed by atoms with Gasteiger partial charge in [-0.05, 0) is 18.9 Å². The number of imide groups is 1. The Bertz CT molecular complexity index is 530. The van der Waals surface area contributed by atoms with E-state index in [1.165, 1.54) is 0 Å². The van der Waals surface area contributed by atoms with Crippen LogP contribution in [0.25, 0.3) is 0 Å². The summed E-state index contributed by atoms with van der Waals surface area (Å²) in [5, 5.41) is 19.2. The highest BCUT2D eigenvalue weighted by atomic mass is 16.3. The lowest BCUT2D eigenvalue weighted by molar-refractivity contribution is -0.152. The Morgan fingerprint density at radius 2 is 1.76 bits per heavy atom.